The Morgan fingerprint density at radius 2 is 2.43 bits per heavy atom. The fourth-order valence-corrected chi connectivity index (χ4v) is 2.92. The van der Waals surface area contributed by atoms with E-state index < -0.39 is 0 Å². The molecule has 1 aromatic rings. The molecular weight excluding hydrogens is 309 g/mol. The molecule has 1 aliphatic heterocycles. The molecule has 1 unspecified atom stereocenters. The summed E-state index contributed by atoms with van der Waals surface area (Å²) in [6.07, 6.45) is 3.98. The number of halogens is 1. The molecule has 0 saturated heterocycles. The Kier molecular flexibility index (Phi) is 3.46. The van der Waals surface area contributed by atoms with Gasteiger partial charge in [0.1, 0.15) is 0 Å². The summed E-state index contributed by atoms with van der Waals surface area (Å²) in [4.78, 5) is 0. The maximum absolute atomic E-state index is 6.14. The molecule has 2 rings (SSSR count). The SMILES string of the molecule is NC(C1=COCCC1)c1csc(I)c1. The maximum atomic E-state index is 6.14. The first-order valence-electron chi connectivity index (χ1n) is 4.57. The molecule has 0 amide bonds. The van der Waals surface area contributed by atoms with E-state index in [1.54, 1.807) is 11.3 Å². The van der Waals surface area contributed by atoms with E-state index >= 15 is 0 Å². The summed E-state index contributed by atoms with van der Waals surface area (Å²) in [5.41, 5.74) is 8.56. The molecule has 76 valence electrons. The number of rotatable bonds is 2. The second-order valence-electron chi connectivity index (χ2n) is 3.33. The van der Waals surface area contributed by atoms with Crippen molar-refractivity contribution in [1.29, 1.82) is 0 Å². The number of hydrogen-bond donors (Lipinski definition) is 1. The highest BCUT2D eigenvalue weighted by molar-refractivity contribution is 14.1. The average molecular weight is 321 g/mol. The highest BCUT2D eigenvalue weighted by Gasteiger charge is 2.15. The van der Waals surface area contributed by atoms with Crippen LogP contribution < -0.4 is 5.73 Å². The third-order valence-electron chi connectivity index (χ3n) is 2.31. The van der Waals surface area contributed by atoms with Crippen molar-refractivity contribution in [1.82, 2.24) is 0 Å². The lowest BCUT2D eigenvalue weighted by atomic mass is 9.98. The zero-order valence-corrected chi connectivity index (χ0v) is 10.7. The second kappa shape index (κ2) is 4.63. The molecule has 2 nitrogen and oxygen atoms in total. The normalized spacial score (nSPS) is 18.6. The lowest BCUT2D eigenvalue weighted by Crippen LogP contribution is -2.15. The molecular formula is C10H12INOS. The van der Waals surface area contributed by atoms with Gasteiger partial charge in [0.05, 0.1) is 21.8 Å². The van der Waals surface area contributed by atoms with Crippen LogP contribution in [0.5, 0.6) is 0 Å². The predicted octanol–water partition coefficient (Wildman–Crippen LogP) is 3.05. The number of nitrogens with two attached hydrogens (primary N) is 1. The molecule has 0 fully saturated rings. The van der Waals surface area contributed by atoms with E-state index in [9.17, 15) is 0 Å². The van der Waals surface area contributed by atoms with Gasteiger partial charge in [0.2, 0.25) is 0 Å². The van der Waals surface area contributed by atoms with Gasteiger partial charge < -0.3 is 10.5 Å². The van der Waals surface area contributed by atoms with Gasteiger partial charge in [-0.15, -0.1) is 11.3 Å². The van der Waals surface area contributed by atoms with Crippen LogP contribution in [0, 0.1) is 2.88 Å². The molecule has 1 atom stereocenters. The van der Waals surface area contributed by atoms with Gasteiger partial charge >= 0.3 is 0 Å². The van der Waals surface area contributed by atoms with Crippen molar-refractivity contribution in [2.75, 3.05) is 6.61 Å². The van der Waals surface area contributed by atoms with Crippen LogP contribution in [0.3, 0.4) is 0 Å². The summed E-state index contributed by atoms with van der Waals surface area (Å²) < 4.78 is 6.57. The zero-order chi connectivity index (χ0) is 9.97. The molecule has 14 heavy (non-hydrogen) atoms. The molecule has 0 spiro atoms. The molecule has 2 N–H and O–H groups in total. The number of hydrogen-bond acceptors (Lipinski definition) is 3. The minimum Gasteiger partial charge on any atom is -0.501 e. The van der Waals surface area contributed by atoms with Crippen LogP contribution in [0.25, 0.3) is 0 Å². The summed E-state index contributed by atoms with van der Waals surface area (Å²) in [6.45, 7) is 0.831. The average Bonchev–Trinajstić information content (AvgIpc) is 2.65. The first-order valence-corrected chi connectivity index (χ1v) is 6.53. The standard InChI is InChI=1S/C10H12INOS/c11-9-4-8(6-14-9)10(12)7-2-1-3-13-5-7/h4-6,10H,1-3,12H2. The van der Waals surface area contributed by atoms with Crippen molar-refractivity contribution in [3.63, 3.8) is 0 Å². The minimum absolute atomic E-state index is 0.0232. The first-order chi connectivity index (χ1) is 6.77. The number of thiophene rings is 1. The monoisotopic (exact) mass is 321 g/mol. The van der Waals surface area contributed by atoms with Crippen molar-refractivity contribution in [2.24, 2.45) is 5.73 Å². The van der Waals surface area contributed by atoms with Gasteiger partial charge in [0.15, 0.2) is 0 Å². The maximum Gasteiger partial charge on any atom is 0.0876 e. The van der Waals surface area contributed by atoms with E-state index in [1.807, 2.05) is 6.26 Å². The zero-order valence-electron chi connectivity index (χ0n) is 7.70. The van der Waals surface area contributed by atoms with Crippen molar-refractivity contribution in [3.8, 4) is 0 Å². The lowest BCUT2D eigenvalue weighted by molar-refractivity contribution is 0.221. The van der Waals surface area contributed by atoms with Crippen molar-refractivity contribution in [2.45, 2.75) is 18.9 Å². The van der Waals surface area contributed by atoms with E-state index in [-0.39, 0.29) is 6.04 Å². The Morgan fingerprint density at radius 1 is 1.57 bits per heavy atom. The Balaban J connectivity index is 2.14. The van der Waals surface area contributed by atoms with Crippen LogP contribution >= 0.6 is 33.9 Å². The molecule has 1 aromatic heterocycles. The van der Waals surface area contributed by atoms with Crippen LogP contribution in [0.1, 0.15) is 24.4 Å². The second-order valence-corrected chi connectivity index (χ2v) is 6.13. The molecule has 0 radical (unpaired) electrons. The molecule has 1 aliphatic rings. The highest BCUT2D eigenvalue weighted by Crippen LogP contribution is 2.29. The fraction of sp³-hybridized carbons (Fsp3) is 0.400. The van der Waals surface area contributed by atoms with E-state index in [0.717, 1.165) is 19.4 Å². The van der Waals surface area contributed by atoms with Crippen LogP contribution in [0.4, 0.5) is 0 Å². The molecule has 0 aliphatic carbocycles. The summed E-state index contributed by atoms with van der Waals surface area (Å²) in [7, 11) is 0. The Hall–Kier alpha value is -0.0700. The minimum atomic E-state index is 0.0232. The Bertz CT molecular complexity index is 348. The van der Waals surface area contributed by atoms with Gasteiger partial charge in [-0.25, -0.2) is 0 Å². The van der Waals surface area contributed by atoms with Crippen LogP contribution in [-0.4, -0.2) is 6.61 Å². The van der Waals surface area contributed by atoms with Gasteiger partial charge in [-0.3, -0.25) is 0 Å². The smallest absolute Gasteiger partial charge is 0.0876 e. The van der Waals surface area contributed by atoms with Crippen LogP contribution in [-0.2, 0) is 4.74 Å². The van der Waals surface area contributed by atoms with Gasteiger partial charge in [-0.05, 0) is 58.0 Å². The van der Waals surface area contributed by atoms with E-state index in [0.29, 0.717) is 0 Å². The summed E-state index contributed by atoms with van der Waals surface area (Å²) >= 11 is 4.05. The fourth-order valence-electron chi connectivity index (χ4n) is 1.51. The lowest BCUT2D eigenvalue weighted by Gasteiger charge is -2.18. The van der Waals surface area contributed by atoms with Crippen LogP contribution in [0.2, 0.25) is 0 Å². The third-order valence-corrected chi connectivity index (χ3v) is 4.12. The summed E-state index contributed by atoms with van der Waals surface area (Å²) in [5.74, 6) is 0. The van der Waals surface area contributed by atoms with Gasteiger partial charge in [0.25, 0.3) is 0 Å². The molecule has 4 heteroatoms. The predicted molar refractivity (Wildman–Crippen MR) is 67.2 cm³/mol. The first kappa shape index (κ1) is 10.4. The van der Waals surface area contributed by atoms with E-state index in [4.69, 9.17) is 10.5 Å². The quantitative estimate of drug-likeness (QED) is 0.850. The third kappa shape index (κ3) is 2.29. The van der Waals surface area contributed by atoms with Gasteiger partial charge in [0, 0.05) is 0 Å². The van der Waals surface area contributed by atoms with E-state index in [1.165, 1.54) is 14.0 Å². The molecule has 0 aromatic carbocycles. The van der Waals surface area contributed by atoms with Crippen molar-refractivity contribution in [3.05, 3.63) is 31.7 Å². The Labute approximate surface area is 101 Å². The highest BCUT2D eigenvalue weighted by atomic mass is 127. The van der Waals surface area contributed by atoms with E-state index in [2.05, 4.69) is 34.0 Å². The van der Waals surface area contributed by atoms with Crippen molar-refractivity contribution < 1.29 is 4.74 Å². The Morgan fingerprint density at radius 3 is 3.00 bits per heavy atom. The topological polar surface area (TPSA) is 35.2 Å². The van der Waals surface area contributed by atoms with Gasteiger partial charge in [-0.2, -0.15) is 0 Å². The summed E-state index contributed by atoms with van der Waals surface area (Å²) in [5, 5.41) is 2.13. The molecule has 0 bridgehead atoms. The molecule has 2 heterocycles. The summed E-state index contributed by atoms with van der Waals surface area (Å²) in [6, 6.07) is 2.17. The molecule has 0 saturated carbocycles. The van der Waals surface area contributed by atoms with Gasteiger partial charge in [-0.1, -0.05) is 0 Å². The number of ether oxygens (including phenoxy) is 1. The van der Waals surface area contributed by atoms with Crippen molar-refractivity contribution >= 4 is 33.9 Å². The largest absolute Gasteiger partial charge is 0.501 e. The van der Waals surface area contributed by atoms with Crippen LogP contribution in [0.15, 0.2) is 23.3 Å².